The predicted molar refractivity (Wildman–Crippen MR) is 359 cm³/mol. The highest BCUT2D eigenvalue weighted by molar-refractivity contribution is 6.31. The van der Waals surface area contributed by atoms with Gasteiger partial charge < -0.3 is 24.1 Å². The molecule has 96 heavy (non-hydrogen) atoms. The van der Waals surface area contributed by atoms with E-state index in [0.717, 1.165) is 108 Å². The van der Waals surface area contributed by atoms with Crippen molar-refractivity contribution in [3.63, 3.8) is 0 Å². The van der Waals surface area contributed by atoms with Crippen molar-refractivity contribution >= 4 is 91.3 Å². The molecule has 0 radical (unpaired) electrons. The van der Waals surface area contributed by atoms with Gasteiger partial charge in [-0.05, 0) is 122 Å². The zero-order valence-corrected chi connectivity index (χ0v) is 53.0. The number of para-hydroxylation sites is 1. The summed E-state index contributed by atoms with van der Waals surface area (Å²) in [6, 6.07) is 39.2. The zero-order valence-electron chi connectivity index (χ0n) is 53.0. The van der Waals surface area contributed by atoms with Crippen LogP contribution in [0.25, 0.3) is 32.3 Å². The van der Waals surface area contributed by atoms with Gasteiger partial charge in [0.2, 0.25) is 0 Å². The molecule has 0 unspecified atom stereocenters. The number of amides is 6. The van der Waals surface area contributed by atoms with Crippen molar-refractivity contribution in [1.29, 1.82) is 0 Å². The third-order valence-corrected chi connectivity index (χ3v) is 18.9. The van der Waals surface area contributed by atoms with Gasteiger partial charge in [-0.3, -0.25) is 53.1 Å². The molecule has 14 rings (SSSR count). The van der Waals surface area contributed by atoms with Crippen LogP contribution in [0.1, 0.15) is 190 Å². The maximum absolute atomic E-state index is 13.6. The van der Waals surface area contributed by atoms with Crippen LogP contribution in [-0.2, 0) is 19.1 Å². The summed E-state index contributed by atoms with van der Waals surface area (Å²) in [5, 5.41) is 13.4. The number of aromatic hydroxyl groups is 1. The molecule has 18 nitrogen and oxygen atoms in total. The van der Waals surface area contributed by atoms with Gasteiger partial charge >= 0.3 is 11.9 Å². The van der Waals surface area contributed by atoms with E-state index >= 15 is 0 Å². The molecule has 488 valence electrons. The molecule has 6 amide bonds. The first-order valence-electron chi connectivity index (χ1n) is 32.8. The first kappa shape index (κ1) is 65.2. The first-order chi connectivity index (χ1) is 46.7. The van der Waals surface area contributed by atoms with Crippen LogP contribution in [0.4, 0.5) is 0 Å². The van der Waals surface area contributed by atoms with Gasteiger partial charge in [-0.25, -0.2) is 9.59 Å². The standard InChI is InChI=1S/C28H29NO8.C25H21NO4.C25H21NO3/c1-3-23(30)36-16-14-34-21-12-10-19-25-20(28(33)29(27(19)32)18-8-6-5-7-9-18)11-13-22(26(21)25)35-15-17-37-24(31)4-2;27-21-12-5-4-9-18(21)23(28)17-13-14-20-22-16(17)10-6-11-19(22)24(29)26(25(20)30)15-7-2-1-3-8-15;27-23(16-8-3-1-4-9-16)19-14-15-21-22-18(19)12-7-13-20(22)24(28)26(25(21)29)17-10-5-2-6-11-17/h3-4,10-13,18H,1-2,5-9,14-17H2;4-6,9-15,27H,1-3,7-8H2;1,3-4,7-9,12-15,17H,2,5-6,10-11H2. The number of carbonyl (C=O) groups excluding carboxylic acids is 10. The minimum atomic E-state index is -0.572. The molecule has 3 aliphatic carbocycles. The Kier molecular flexibility index (Phi) is 19.5. The largest absolute Gasteiger partial charge is 0.507 e. The van der Waals surface area contributed by atoms with E-state index in [1.54, 1.807) is 109 Å². The molecule has 0 aromatic heterocycles. The van der Waals surface area contributed by atoms with Crippen molar-refractivity contribution in [2.75, 3.05) is 26.4 Å². The number of esters is 2. The van der Waals surface area contributed by atoms with Crippen molar-refractivity contribution in [3.8, 4) is 17.2 Å². The van der Waals surface area contributed by atoms with Crippen LogP contribution in [0.15, 0.2) is 165 Å². The highest BCUT2D eigenvalue weighted by Gasteiger charge is 2.42. The first-order valence-corrected chi connectivity index (χ1v) is 32.8. The molecule has 6 aliphatic rings. The van der Waals surface area contributed by atoms with Crippen LogP contribution in [0.2, 0.25) is 0 Å². The molecule has 3 fully saturated rings. The molecule has 1 N–H and O–H groups in total. The van der Waals surface area contributed by atoms with E-state index in [1.807, 2.05) is 24.3 Å². The van der Waals surface area contributed by atoms with E-state index in [2.05, 4.69) is 13.2 Å². The molecule has 0 spiro atoms. The van der Waals surface area contributed by atoms with Crippen molar-refractivity contribution in [2.24, 2.45) is 0 Å². The molecular formula is C78H71N3O15. The Morgan fingerprint density at radius 2 is 0.740 bits per heavy atom. The van der Waals surface area contributed by atoms with Crippen LogP contribution < -0.4 is 9.47 Å². The number of ether oxygens (including phenoxy) is 4. The Labute approximate surface area is 554 Å². The van der Waals surface area contributed by atoms with Crippen LogP contribution in [-0.4, -0.2) is 123 Å². The van der Waals surface area contributed by atoms with Gasteiger partial charge in [0, 0.05) is 96.5 Å². The number of rotatable bonds is 17. The Bertz CT molecular complexity index is 4370. The molecule has 0 atom stereocenters. The van der Waals surface area contributed by atoms with E-state index < -0.39 is 11.9 Å². The molecular weight excluding hydrogens is 1220 g/mol. The SMILES string of the molecule is C=CC(=O)OCCOc1ccc2c3c(ccc(OCCOC(=O)C=C)c13)C(=O)N(C1CCCCC1)C2=O.O=C(c1ccccc1)c1ccc2c3c(cccc13)C(=O)N(C1CCCCC1)C2=O.O=C(c1ccccc1O)c1ccc2c3c(cccc13)C(=O)N(C1CCCCC1)C2=O. The van der Waals surface area contributed by atoms with E-state index in [1.165, 1.54) is 20.8 Å². The fourth-order valence-electron chi connectivity index (χ4n) is 14.3. The van der Waals surface area contributed by atoms with Crippen molar-refractivity contribution in [2.45, 2.75) is 114 Å². The van der Waals surface area contributed by atoms with E-state index in [0.29, 0.717) is 93.9 Å². The number of imide groups is 3. The fourth-order valence-corrected chi connectivity index (χ4v) is 14.3. The minimum absolute atomic E-state index is 0.0190. The van der Waals surface area contributed by atoms with Crippen LogP contribution in [0.3, 0.4) is 0 Å². The lowest BCUT2D eigenvalue weighted by atomic mass is 9.86. The molecule has 8 aromatic rings. The third-order valence-electron chi connectivity index (χ3n) is 18.9. The molecule has 0 saturated heterocycles. The molecule has 3 aliphatic heterocycles. The number of phenolic OH excluding ortho intramolecular Hbond substituents is 1. The summed E-state index contributed by atoms with van der Waals surface area (Å²) in [7, 11) is 0. The molecule has 3 heterocycles. The van der Waals surface area contributed by atoms with Gasteiger partial charge in [0.05, 0.1) is 10.9 Å². The summed E-state index contributed by atoms with van der Waals surface area (Å²) >= 11 is 0. The van der Waals surface area contributed by atoms with E-state index in [9.17, 15) is 53.1 Å². The second kappa shape index (κ2) is 28.8. The van der Waals surface area contributed by atoms with E-state index in [4.69, 9.17) is 18.9 Å². The summed E-state index contributed by atoms with van der Waals surface area (Å²) in [6.45, 7) is 6.74. The average molecular weight is 1290 g/mol. The van der Waals surface area contributed by atoms with Gasteiger partial charge in [0.1, 0.15) is 43.7 Å². The number of carbonyl (C=O) groups is 10. The van der Waals surface area contributed by atoms with Crippen LogP contribution >= 0.6 is 0 Å². The fraction of sp³-hybridized carbons (Fsp3) is 0.282. The summed E-state index contributed by atoms with van der Waals surface area (Å²) in [6.07, 6.45) is 16.6. The van der Waals surface area contributed by atoms with Crippen LogP contribution in [0.5, 0.6) is 17.2 Å². The number of hydrogen-bond donors (Lipinski definition) is 1. The molecule has 3 saturated carbocycles. The Morgan fingerprint density at radius 3 is 1.15 bits per heavy atom. The number of nitrogens with zero attached hydrogens (tertiary/aromatic N) is 3. The van der Waals surface area contributed by atoms with Crippen molar-refractivity contribution < 1.29 is 72.0 Å². The van der Waals surface area contributed by atoms with Gasteiger partial charge in [0.25, 0.3) is 35.4 Å². The van der Waals surface area contributed by atoms with Crippen LogP contribution in [0, 0.1) is 0 Å². The van der Waals surface area contributed by atoms with Gasteiger partial charge in [-0.1, -0.05) is 138 Å². The summed E-state index contributed by atoms with van der Waals surface area (Å²) < 4.78 is 21.7. The summed E-state index contributed by atoms with van der Waals surface area (Å²) in [5.74, 6) is -2.66. The monoisotopic (exact) mass is 1290 g/mol. The number of phenols is 1. The minimum Gasteiger partial charge on any atom is -0.507 e. The Morgan fingerprint density at radius 1 is 0.375 bits per heavy atom. The van der Waals surface area contributed by atoms with Crippen molar-refractivity contribution in [1.82, 2.24) is 14.7 Å². The second-order valence-corrected chi connectivity index (χ2v) is 24.5. The van der Waals surface area contributed by atoms with Gasteiger partial charge in [0.15, 0.2) is 11.6 Å². The topological polar surface area (TPSA) is 238 Å². The second-order valence-electron chi connectivity index (χ2n) is 24.5. The van der Waals surface area contributed by atoms with Gasteiger partial charge in [-0.2, -0.15) is 0 Å². The molecule has 18 heteroatoms. The average Bonchev–Trinajstić information content (AvgIpc) is 0.745. The normalized spacial score (nSPS) is 16.3. The van der Waals surface area contributed by atoms with Gasteiger partial charge in [-0.15, -0.1) is 0 Å². The summed E-state index contributed by atoms with van der Waals surface area (Å²) in [4.78, 5) is 133. The van der Waals surface area contributed by atoms with E-state index in [-0.39, 0.29) is 103 Å². The quantitative estimate of drug-likeness (QED) is 0.0293. The summed E-state index contributed by atoms with van der Waals surface area (Å²) in [5.41, 5.74) is 4.40. The lowest BCUT2D eigenvalue weighted by molar-refractivity contribution is -0.139. The lowest BCUT2D eigenvalue weighted by Crippen LogP contribution is -2.47. The number of benzene rings is 8. The Hall–Kier alpha value is -10.9. The molecule has 0 bridgehead atoms. The predicted octanol–water partition coefficient (Wildman–Crippen LogP) is 13.7. The third kappa shape index (κ3) is 12.7. The van der Waals surface area contributed by atoms with Crippen molar-refractivity contribution in [3.05, 3.63) is 220 Å². The number of ketones is 2. The maximum atomic E-state index is 13.6. The zero-order chi connectivity index (χ0) is 67.1. The Balaban J connectivity index is 0.000000139. The maximum Gasteiger partial charge on any atom is 0.330 e. The smallest absolute Gasteiger partial charge is 0.330 e. The molecule has 8 aromatic carbocycles. The highest BCUT2D eigenvalue weighted by atomic mass is 16.6. The lowest BCUT2D eigenvalue weighted by Gasteiger charge is -2.36. The number of hydrogen-bond acceptors (Lipinski definition) is 15. The highest BCUT2D eigenvalue weighted by Crippen LogP contribution is 2.44.